The van der Waals surface area contributed by atoms with Crippen LogP contribution in [0, 0.1) is 5.92 Å². The SMILES string of the molecule is C1CCN2CCN(CCC3CCOC3)CC2C1. The van der Waals surface area contributed by atoms with Crippen molar-refractivity contribution in [2.24, 2.45) is 5.92 Å². The summed E-state index contributed by atoms with van der Waals surface area (Å²) in [7, 11) is 0. The van der Waals surface area contributed by atoms with Gasteiger partial charge in [-0.15, -0.1) is 0 Å². The first-order valence-corrected chi connectivity index (χ1v) is 7.46. The van der Waals surface area contributed by atoms with E-state index in [-0.39, 0.29) is 0 Å². The van der Waals surface area contributed by atoms with E-state index >= 15 is 0 Å². The third-order valence-electron chi connectivity index (χ3n) is 4.80. The summed E-state index contributed by atoms with van der Waals surface area (Å²) >= 11 is 0. The Morgan fingerprint density at radius 1 is 1.06 bits per heavy atom. The number of nitrogens with zero attached hydrogens (tertiary/aromatic N) is 2. The van der Waals surface area contributed by atoms with Crippen molar-refractivity contribution in [3.63, 3.8) is 0 Å². The third kappa shape index (κ3) is 3.01. The largest absolute Gasteiger partial charge is 0.381 e. The lowest BCUT2D eigenvalue weighted by Gasteiger charge is -2.44. The van der Waals surface area contributed by atoms with Crippen LogP contribution in [-0.2, 0) is 4.74 Å². The molecule has 3 fully saturated rings. The summed E-state index contributed by atoms with van der Waals surface area (Å²) in [4.78, 5) is 5.42. The van der Waals surface area contributed by atoms with Crippen molar-refractivity contribution in [1.29, 1.82) is 0 Å². The first kappa shape index (κ1) is 11.9. The van der Waals surface area contributed by atoms with Crippen molar-refractivity contribution >= 4 is 0 Å². The second-order valence-corrected chi connectivity index (χ2v) is 6.00. The van der Waals surface area contributed by atoms with Crippen LogP contribution in [0.25, 0.3) is 0 Å². The van der Waals surface area contributed by atoms with E-state index in [9.17, 15) is 0 Å². The van der Waals surface area contributed by atoms with Crippen LogP contribution in [-0.4, -0.2) is 61.8 Å². The second kappa shape index (κ2) is 5.68. The minimum Gasteiger partial charge on any atom is -0.381 e. The number of piperidine rings is 1. The van der Waals surface area contributed by atoms with E-state index in [0.29, 0.717) is 0 Å². The number of hydrogen-bond acceptors (Lipinski definition) is 3. The fourth-order valence-electron chi connectivity index (χ4n) is 3.60. The lowest BCUT2D eigenvalue weighted by Crippen LogP contribution is -2.54. The highest BCUT2D eigenvalue weighted by Gasteiger charge is 2.29. The molecule has 0 saturated carbocycles. The van der Waals surface area contributed by atoms with Gasteiger partial charge in [-0.2, -0.15) is 0 Å². The van der Waals surface area contributed by atoms with Crippen molar-refractivity contribution in [3.05, 3.63) is 0 Å². The first-order valence-electron chi connectivity index (χ1n) is 7.46. The number of piperazine rings is 1. The second-order valence-electron chi connectivity index (χ2n) is 6.00. The maximum atomic E-state index is 5.46. The molecule has 98 valence electrons. The van der Waals surface area contributed by atoms with Crippen LogP contribution in [0.5, 0.6) is 0 Å². The van der Waals surface area contributed by atoms with Crippen LogP contribution in [0.4, 0.5) is 0 Å². The molecule has 0 aromatic heterocycles. The Hall–Kier alpha value is -0.120. The van der Waals surface area contributed by atoms with E-state index in [1.165, 1.54) is 64.8 Å². The molecule has 0 aromatic rings. The van der Waals surface area contributed by atoms with Gasteiger partial charge in [0.05, 0.1) is 0 Å². The normalized spacial score (nSPS) is 36.0. The minimum atomic E-state index is 0.847. The molecule has 17 heavy (non-hydrogen) atoms. The Kier molecular flexibility index (Phi) is 3.99. The topological polar surface area (TPSA) is 15.7 Å². The van der Waals surface area contributed by atoms with Crippen molar-refractivity contribution < 1.29 is 4.74 Å². The Bertz CT molecular complexity index is 240. The van der Waals surface area contributed by atoms with Gasteiger partial charge in [-0.3, -0.25) is 4.90 Å². The smallest absolute Gasteiger partial charge is 0.0495 e. The molecule has 2 unspecified atom stereocenters. The van der Waals surface area contributed by atoms with Gasteiger partial charge in [-0.1, -0.05) is 6.42 Å². The molecule has 3 heterocycles. The highest BCUT2D eigenvalue weighted by molar-refractivity contribution is 4.85. The number of fused-ring (bicyclic) bond motifs is 1. The fourth-order valence-corrected chi connectivity index (χ4v) is 3.60. The lowest BCUT2D eigenvalue weighted by atomic mass is 9.98. The molecule has 3 heteroatoms. The van der Waals surface area contributed by atoms with Crippen molar-refractivity contribution in [1.82, 2.24) is 9.80 Å². The van der Waals surface area contributed by atoms with Crippen LogP contribution >= 0.6 is 0 Å². The van der Waals surface area contributed by atoms with Crippen LogP contribution < -0.4 is 0 Å². The maximum Gasteiger partial charge on any atom is 0.0495 e. The molecular weight excluding hydrogens is 212 g/mol. The Balaban J connectivity index is 1.42. The van der Waals surface area contributed by atoms with Crippen molar-refractivity contribution in [2.75, 3.05) is 45.9 Å². The van der Waals surface area contributed by atoms with Gasteiger partial charge in [-0.25, -0.2) is 0 Å². The highest BCUT2D eigenvalue weighted by Crippen LogP contribution is 2.22. The van der Waals surface area contributed by atoms with Gasteiger partial charge in [0.15, 0.2) is 0 Å². The van der Waals surface area contributed by atoms with Gasteiger partial charge in [-0.05, 0) is 44.7 Å². The zero-order chi connectivity index (χ0) is 11.5. The van der Waals surface area contributed by atoms with Gasteiger partial charge in [0.25, 0.3) is 0 Å². The summed E-state index contributed by atoms with van der Waals surface area (Å²) in [5.41, 5.74) is 0. The highest BCUT2D eigenvalue weighted by atomic mass is 16.5. The van der Waals surface area contributed by atoms with E-state index in [4.69, 9.17) is 4.74 Å². The summed E-state index contributed by atoms with van der Waals surface area (Å²) in [5.74, 6) is 0.847. The summed E-state index contributed by atoms with van der Waals surface area (Å²) in [6, 6.07) is 0.873. The molecule has 0 bridgehead atoms. The summed E-state index contributed by atoms with van der Waals surface area (Å²) in [6.45, 7) is 8.61. The molecule has 3 nitrogen and oxygen atoms in total. The average molecular weight is 238 g/mol. The first-order chi connectivity index (χ1) is 8.42. The summed E-state index contributed by atoms with van der Waals surface area (Å²) < 4.78 is 5.46. The summed E-state index contributed by atoms with van der Waals surface area (Å²) in [5, 5.41) is 0. The van der Waals surface area contributed by atoms with E-state index < -0.39 is 0 Å². The quantitative estimate of drug-likeness (QED) is 0.742. The van der Waals surface area contributed by atoms with Gasteiger partial charge < -0.3 is 9.64 Å². The molecule has 3 rings (SSSR count). The van der Waals surface area contributed by atoms with E-state index in [1.807, 2.05) is 0 Å². The zero-order valence-electron chi connectivity index (χ0n) is 10.9. The molecule has 0 radical (unpaired) electrons. The molecule has 3 aliphatic rings. The van der Waals surface area contributed by atoms with Gasteiger partial charge in [0.1, 0.15) is 0 Å². The van der Waals surface area contributed by atoms with E-state index in [1.54, 1.807) is 0 Å². The Morgan fingerprint density at radius 3 is 2.94 bits per heavy atom. The Morgan fingerprint density at radius 2 is 2.06 bits per heavy atom. The number of ether oxygens (including phenoxy) is 1. The molecule has 2 atom stereocenters. The average Bonchev–Trinajstić information content (AvgIpc) is 2.89. The Labute approximate surface area is 105 Å². The molecule has 0 amide bonds. The van der Waals surface area contributed by atoms with Crippen molar-refractivity contribution in [2.45, 2.75) is 38.1 Å². The molecule has 0 aliphatic carbocycles. The third-order valence-corrected chi connectivity index (χ3v) is 4.80. The van der Waals surface area contributed by atoms with Gasteiger partial charge in [0, 0.05) is 38.9 Å². The fraction of sp³-hybridized carbons (Fsp3) is 1.00. The zero-order valence-corrected chi connectivity index (χ0v) is 10.9. The predicted octanol–water partition coefficient (Wildman–Crippen LogP) is 1.58. The van der Waals surface area contributed by atoms with Crippen LogP contribution in [0.3, 0.4) is 0 Å². The molecular formula is C14H26N2O. The van der Waals surface area contributed by atoms with Crippen molar-refractivity contribution in [3.8, 4) is 0 Å². The van der Waals surface area contributed by atoms with E-state index in [2.05, 4.69) is 9.80 Å². The lowest BCUT2D eigenvalue weighted by molar-refractivity contribution is 0.0464. The molecule has 0 aromatic carbocycles. The molecule has 3 saturated heterocycles. The van der Waals surface area contributed by atoms with Crippen LogP contribution in [0.2, 0.25) is 0 Å². The minimum absolute atomic E-state index is 0.847. The van der Waals surface area contributed by atoms with Crippen LogP contribution in [0.1, 0.15) is 32.1 Å². The maximum absolute atomic E-state index is 5.46. The number of hydrogen-bond donors (Lipinski definition) is 0. The number of rotatable bonds is 3. The molecule has 3 aliphatic heterocycles. The molecule has 0 N–H and O–H groups in total. The van der Waals surface area contributed by atoms with Crippen LogP contribution in [0.15, 0.2) is 0 Å². The monoisotopic (exact) mass is 238 g/mol. The predicted molar refractivity (Wildman–Crippen MR) is 69.2 cm³/mol. The van der Waals surface area contributed by atoms with Gasteiger partial charge >= 0.3 is 0 Å². The van der Waals surface area contributed by atoms with Gasteiger partial charge in [0.2, 0.25) is 0 Å². The van der Waals surface area contributed by atoms with E-state index in [0.717, 1.165) is 25.2 Å². The molecule has 0 spiro atoms. The standard InChI is InChI=1S/C14H26N2O/c1-2-6-16-9-8-15(11-14(16)3-1)7-4-13-5-10-17-12-13/h13-14H,1-12H2. The summed E-state index contributed by atoms with van der Waals surface area (Å²) in [6.07, 6.45) is 6.96.